The van der Waals surface area contributed by atoms with Crippen molar-refractivity contribution in [3.63, 3.8) is 0 Å². The van der Waals surface area contributed by atoms with Gasteiger partial charge in [-0.15, -0.1) is 11.3 Å². The summed E-state index contributed by atoms with van der Waals surface area (Å²) in [7, 11) is 0. The number of hydrogen-bond acceptors (Lipinski definition) is 3. The first-order chi connectivity index (χ1) is 18.3. The smallest absolute Gasteiger partial charge is 0.130 e. The van der Waals surface area contributed by atoms with Gasteiger partial charge in [0.25, 0.3) is 0 Å². The highest BCUT2D eigenvalue weighted by atomic mass is 32.1. The standard InChI is InChI=1S/C34H25FN2S/c1-34(2,3)28-20-37-30(18-29(28)35)27-14-8-13-25-26-16-15-24(19-36)31(33(26)38-32(25)27)23-12-7-11-22(17-23)21-9-5-4-6-10-21/h4-18,20H,1-3H3. The van der Waals surface area contributed by atoms with Crippen molar-refractivity contribution in [2.24, 2.45) is 0 Å². The highest BCUT2D eigenvalue weighted by Gasteiger charge is 2.21. The van der Waals surface area contributed by atoms with Gasteiger partial charge in [0, 0.05) is 49.1 Å². The van der Waals surface area contributed by atoms with Crippen LogP contribution in [0.25, 0.3) is 53.7 Å². The molecule has 0 aliphatic heterocycles. The molecule has 0 saturated heterocycles. The second-order valence-electron chi connectivity index (χ2n) is 10.5. The maximum Gasteiger partial charge on any atom is 0.130 e. The SMILES string of the molecule is CC(C)(C)c1cnc(-c2cccc3c2sc2c(-c4cccc(-c5ccccc5)c4)c(C#N)ccc23)cc1F. The van der Waals surface area contributed by atoms with Crippen molar-refractivity contribution in [3.05, 3.63) is 114 Å². The van der Waals surface area contributed by atoms with Gasteiger partial charge in [-0.25, -0.2) is 4.39 Å². The van der Waals surface area contributed by atoms with Crippen molar-refractivity contribution in [3.8, 4) is 39.6 Å². The first-order valence-corrected chi connectivity index (χ1v) is 13.4. The third-order valence-corrected chi connectivity index (χ3v) is 8.26. The normalized spacial score (nSPS) is 11.7. The first kappa shape index (κ1) is 24.0. The number of benzene rings is 4. The number of halogens is 1. The zero-order valence-corrected chi connectivity index (χ0v) is 22.2. The molecule has 4 heteroatoms. The Hall–Kier alpha value is -4.33. The third-order valence-electron chi connectivity index (χ3n) is 6.98. The van der Waals surface area contributed by atoms with Gasteiger partial charge in [-0.1, -0.05) is 93.6 Å². The molecule has 0 aliphatic carbocycles. The van der Waals surface area contributed by atoms with Gasteiger partial charge in [-0.3, -0.25) is 4.98 Å². The Balaban J connectivity index is 1.58. The first-order valence-electron chi connectivity index (χ1n) is 12.6. The number of fused-ring (bicyclic) bond motifs is 3. The highest BCUT2D eigenvalue weighted by molar-refractivity contribution is 7.26. The number of nitrogens with zero attached hydrogens (tertiary/aromatic N) is 2. The summed E-state index contributed by atoms with van der Waals surface area (Å²) in [4.78, 5) is 4.67. The fourth-order valence-electron chi connectivity index (χ4n) is 5.06. The van der Waals surface area contributed by atoms with Crippen molar-refractivity contribution in [1.29, 1.82) is 5.26 Å². The van der Waals surface area contributed by atoms with Crippen LogP contribution in [-0.2, 0) is 5.41 Å². The molecule has 2 nitrogen and oxygen atoms in total. The van der Waals surface area contributed by atoms with Gasteiger partial charge in [-0.05, 0) is 34.2 Å². The predicted molar refractivity (Wildman–Crippen MR) is 157 cm³/mol. The van der Waals surface area contributed by atoms with Crippen molar-refractivity contribution in [1.82, 2.24) is 4.98 Å². The van der Waals surface area contributed by atoms with Crippen LogP contribution in [0.4, 0.5) is 4.39 Å². The summed E-state index contributed by atoms with van der Waals surface area (Å²) in [6.07, 6.45) is 1.66. The highest BCUT2D eigenvalue weighted by Crippen LogP contribution is 2.45. The summed E-state index contributed by atoms with van der Waals surface area (Å²) in [6, 6.07) is 32.6. The third kappa shape index (κ3) is 4.06. The van der Waals surface area contributed by atoms with Crippen molar-refractivity contribution in [2.45, 2.75) is 26.2 Å². The Morgan fingerprint density at radius 3 is 2.21 bits per heavy atom. The number of pyridine rings is 1. The molecule has 0 saturated carbocycles. The Morgan fingerprint density at radius 2 is 1.47 bits per heavy atom. The molecule has 0 N–H and O–H groups in total. The number of hydrogen-bond donors (Lipinski definition) is 0. The minimum Gasteiger partial charge on any atom is -0.256 e. The van der Waals surface area contributed by atoms with Gasteiger partial charge in [0.2, 0.25) is 0 Å². The second kappa shape index (κ2) is 9.20. The van der Waals surface area contributed by atoms with E-state index in [0.717, 1.165) is 48.0 Å². The van der Waals surface area contributed by atoms with E-state index in [-0.39, 0.29) is 11.2 Å². The van der Waals surface area contributed by atoms with Crippen molar-refractivity contribution >= 4 is 31.5 Å². The van der Waals surface area contributed by atoms with E-state index >= 15 is 4.39 Å². The molecule has 0 spiro atoms. The van der Waals surface area contributed by atoms with Gasteiger partial charge < -0.3 is 0 Å². The van der Waals surface area contributed by atoms with Crippen LogP contribution in [0, 0.1) is 17.1 Å². The molecule has 4 aromatic carbocycles. The van der Waals surface area contributed by atoms with Crippen LogP contribution in [0.1, 0.15) is 31.9 Å². The Morgan fingerprint density at radius 1 is 0.763 bits per heavy atom. The zero-order valence-electron chi connectivity index (χ0n) is 21.4. The minimum atomic E-state index is -0.323. The molecular weight excluding hydrogens is 487 g/mol. The van der Waals surface area contributed by atoms with E-state index in [2.05, 4.69) is 47.5 Å². The second-order valence-corrected chi connectivity index (χ2v) is 11.5. The molecule has 2 aromatic heterocycles. The lowest BCUT2D eigenvalue weighted by Crippen LogP contribution is -2.14. The zero-order chi connectivity index (χ0) is 26.4. The maximum atomic E-state index is 15.1. The van der Waals surface area contributed by atoms with Crippen LogP contribution in [-0.4, -0.2) is 4.98 Å². The molecule has 0 aliphatic rings. The lowest BCUT2D eigenvalue weighted by atomic mass is 9.87. The quantitative estimate of drug-likeness (QED) is 0.237. The Labute approximate surface area is 225 Å². The van der Waals surface area contributed by atoms with E-state index < -0.39 is 0 Å². The molecule has 0 amide bonds. The van der Waals surface area contributed by atoms with Crippen molar-refractivity contribution in [2.75, 3.05) is 0 Å². The molecule has 0 unspecified atom stereocenters. The minimum absolute atomic E-state index is 0.245. The van der Waals surface area contributed by atoms with Gasteiger partial charge in [0.15, 0.2) is 0 Å². The van der Waals surface area contributed by atoms with E-state index in [4.69, 9.17) is 0 Å². The van der Waals surface area contributed by atoms with E-state index in [0.29, 0.717) is 16.8 Å². The summed E-state index contributed by atoms with van der Waals surface area (Å²) in [5.41, 5.74) is 6.58. The average molecular weight is 513 g/mol. The molecule has 0 atom stereocenters. The summed E-state index contributed by atoms with van der Waals surface area (Å²) in [5.74, 6) is -0.245. The van der Waals surface area contributed by atoms with Crippen LogP contribution >= 0.6 is 11.3 Å². The van der Waals surface area contributed by atoms with Crippen LogP contribution < -0.4 is 0 Å². The molecular formula is C34H25FN2S. The van der Waals surface area contributed by atoms with Gasteiger partial charge in [0.05, 0.1) is 17.3 Å². The van der Waals surface area contributed by atoms with E-state index in [1.54, 1.807) is 23.6 Å². The molecule has 6 aromatic rings. The molecule has 6 rings (SSSR count). The maximum absolute atomic E-state index is 15.1. The van der Waals surface area contributed by atoms with Crippen LogP contribution in [0.15, 0.2) is 97.2 Å². The number of aromatic nitrogens is 1. The van der Waals surface area contributed by atoms with E-state index in [1.165, 1.54) is 0 Å². The lowest BCUT2D eigenvalue weighted by molar-refractivity contribution is 0.520. The molecule has 0 fully saturated rings. The lowest BCUT2D eigenvalue weighted by Gasteiger charge is -2.19. The predicted octanol–water partition coefficient (Wildman–Crippen LogP) is 9.76. The monoisotopic (exact) mass is 512 g/mol. The summed E-state index contributed by atoms with van der Waals surface area (Å²) < 4.78 is 17.2. The van der Waals surface area contributed by atoms with Crippen LogP contribution in [0.3, 0.4) is 0 Å². The largest absolute Gasteiger partial charge is 0.256 e. The Bertz CT molecular complexity index is 1870. The van der Waals surface area contributed by atoms with E-state index in [1.807, 2.05) is 69.3 Å². The van der Waals surface area contributed by atoms with Crippen molar-refractivity contribution < 1.29 is 4.39 Å². The fourth-order valence-corrected chi connectivity index (χ4v) is 6.45. The Kier molecular flexibility index (Phi) is 5.82. The van der Waals surface area contributed by atoms with Gasteiger partial charge in [-0.2, -0.15) is 5.26 Å². The van der Waals surface area contributed by atoms with E-state index in [9.17, 15) is 5.26 Å². The van der Waals surface area contributed by atoms with Crippen LogP contribution in [0.2, 0.25) is 0 Å². The summed E-state index contributed by atoms with van der Waals surface area (Å²) in [5, 5.41) is 12.2. The molecule has 2 heterocycles. The summed E-state index contributed by atoms with van der Waals surface area (Å²) >= 11 is 1.64. The van der Waals surface area contributed by atoms with Crippen LogP contribution in [0.5, 0.6) is 0 Å². The average Bonchev–Trinajstić information content (AvgIpc) is 3.31. The summed E-state index contributed by atoms with van der Waals surface area (Å²) in [6.45, 7) is 5.96. The molecule has 0 bridgehead atoms. The topological polar surface area (TPSA) is 36.7 Å². The fraction of sp³-hybridized carbons (Fsp3) is 0.118. The number of thiophene rings is 1. The molecule has 184 valence electrons. The molecule has 38 heavy (non-hydrogen) atoms. The van der Waals surface area contributed by atoms with Gasteiger partial charge in [0.1, 0.15) is 5.82 Å². The molecule has 0 radical (unpaired) electrons. The van der Waals surface area contributed by atoms with Gasteiger partial charge >= 0.3 is 0 Å². The number of nitriles is 1. The number of rotatable bonds is 3.